The van der Waals surface area contributed by atoms with E-state index in [1.807, 2.05) is 0 Å². The standard InChI is InChI=1S/C11H18N2O4S/c1-7(14)18-6-8(5-12)10(15)17-11(16)9-3-2-4-13-9/h8-9,13H,2-6,12H2,1H3/t8?,9-/m0/s1. The van der Waals surface area contributed by atoms with E-state index >= 15 is 0 Å². The molecular formula is C11H18N2O4S. The molecule has 0 bridgehead atoms. The third kappa shape index (κ3) is 4.75. The minimum atomic E-state index is -0.648. The van der Waals surface area contributed by atoms with Crippen molar-refractivity contribution in [2.24, 2.45) is 11.7 Å². The average Bonchev–Trinajstić information content (AvgIpc) is 2.82. The molecule has 18 heavy (non-hydrogen) atoms. The molecule has 1 aliphatic heterocycles. The molecule has 1 fully saturated rings. The van der Waals surface area contributed by atoms with Crippen LogP contribution < -0.4 is 11.1 Å². The van der Waals surface area contributed by atoms with E-state index in [0.29, 0.717) is 6.42 Å². The van der Waals surface area contributed by atoms with Gasteiger partial charge >= 0.3 is 11.9 Å². The Morgan fingerprint density at radius 2 is 2.22 bits per heavy atom. The quantitative estimate of drug-likeness (QED) is 0.523. The number of esters is 2. The van der Waals surface area contributed by atoms with Crippen molar-refractivity contribution in [1.82, 2.24) is 5.32 Å². The molecule has 0 aromatic carbocycles. The Bertz CT molecular complexity index is 329. The van der Waals surface area contributed by atoms with Gasteiger partial charge in [-0.3, -0.25) is 9.59 Å². The van der Waals surface area contributed by atoms with E-state index in [9.17, 15) is 14.4 Å². The second kappa shape index (κ2) is 7.50. The van der Waals surface area contributed by atoms with Gasteiger partial charge in [-0.15, -0.1) is 0 Å². The maximum atomic E-state index is 11.7. The molecule has 0 spiro atoms. The molecule has 0 amide bonds. The fourth-order valence-electron chi connectivity index (χ4n) is 1.59. The number of ether oxygens (including phenoxy) is 1. The molecule has 3 N–H and O–H groups in total. The lowest BCUT2D eigenvalue weighted by molar-refractivity contribution is -0.163. The summed E-state index contributed by atoms with van der Waals surface area (Å²) in [4.78, 5) is 34.1. The number of thioether (sulfide) groups is 1. The van der Waals surface area contributed by atoms with Gasteiger partial charge in [0.15, 0.2) is 5.12 Å². The first kappa shape index (κ1) is 15.1. The zero-order valence-electron chi connectivity index (χ0n) is 10.3. The van der Waals surface area contributed by atoms with Crippen molar-refractivity contribution in [3.8, 4) is 0 Å². The van der Waals surface area contributed by atoms with Gasteiger partial charge in [-0.1, -0.05) is 11.8 Å². The minimum absolute atomic E-state index is 0.0600. The predicted octanol–water partition coefficient (Wildman–Crippen LogP) is -0.337. The van der Waals surface area contributed by atoms with Crippen LogP contribution in [-0.4, -0.2) is 41.9 Å². The number of carbonyl (C=O) groups excluding carboxylic acids is 3. The maximum Gasteiger partial charge on any atom is 0.330 e. The summed E-state index contributed by atoms with van der Waals surface area (Å²) in [5, 5.41) is 2.86. The first-order chi connectivity index (χ1) is 8.54. The highest BCUT2D eigenvalue weighted by molar-refractivity contribution is 8.13. The summed E-state index contributed by atoms with van der Waals surface area (Å²) in [6, 6.07) is -0.396. The molecule has 0 saturated carbocycles. The molecular weight excluding hydrogens is 256 g/mol. The van der Waals surface area contributed by atoms with Gasteiger partial charge in [-0.25, -0.2) is 4.79 Å². The van der Waals surface area contributed by atoms with Crippen molar-refractivity contribution in [2.75, 3.05) is 18.8 Å². The number of carbonyl (C=O) groups is 3. The van der Waals surface area contributed by atoms with E-state index in [1.54, 1.807) is 0 Å². The van der Waals surface area contributed by atoms with Gasteiger partial charge in [-0.05, 0) is 19.4 Å². The Morgan fingerprint density at radius 3 is 2.72 bits per heavy atom. The Balaban J connectivity index is 2.40. The molecule has 0 aliphatic carbocycles. The molecule has 1 aliphatic rings. The van der Waals surface area contributed by atoms with Crippen LogP contribution >= 0.6 is 11.8 Å². The van der Waals surface area contributed by atoms with E-state index in [-0.39, 0.29) is 17.4 Å². The second-order valence-corrected chi connectivity index (χ2v) is 5.32. The Labute approximate surface area is 110 Å². The Morgan fingerprint density at radius 1 is 1.50 bits per heavy atom. The smallest absolute Gasteiger partial charge is 0.330 e. The lowest BCUT2D eigenvalue weighted by Gasteiger charge is -2.14. The van der Waals surface area contributed by atoms with Crippen molar-refractivity contribution >= 4 is 28.8 Å². The van der Waals surface area contributed by atoms with Crippen molar-refractivity contribution in [3.63, 3.8) is 0 Å². The average molecular weight is 274 g/mol. The highest BCUT2D eigenvalue weighted by Crippen LogP contribution is 2.12. The van der Waals surface area contributed by atoms with Gasteiger partial charge in [-0.2, -0.15) is 0 Å². The summed E-state index contributed by atoms with van der Waals surface area (Å²) in [6.07, 6.45) is 1.58. The zero-order valence-corrected chi connectivity index (χ0v) is 11.1. The van der Waals surface area contributed by atoms with Crippen LogP contribution in [0.15, 0.2) is 0 Å². The molecule has 2 atom stereocenters. The molecule has 1 rings (SSSR count). The van der Waals surface area contributed by atoms with Gasteiger partial charge in [0, 0.05) is 19.2 Å². The highest BCUT2D eigenvalue weighted by Gasteiger charge is 2.28. The molecule has 7 heteroatoms. The van der Waals surface area contributed by atoms with Gasteiger partial charge < -0.3 is 15.8 Å². The molecule has 1 heterocycles. The first-order valence-electron chi connectivity index (χ1n) is 5.87. The topological polar surface area (TPSA) is 98.5 Å². The monoisotopic (exact) mass is 274 g/mol. The number of nitrogens with two attached hydrogens (primary N) is 1. The molecule has 102 valence electrons. The number of hydrogen-bond donors (Lipinski definition) is 2. The molecule has 1 saturated heterocycles. The van der Waals surface area contributed by atoms with E-state index in [0.717, 1.165) is 24.7 Å². The van der Waals surface area contributed by atoms with Crippen LogP contribution in [0.25, 0.3) is 0 Å². The fourth-order valence-corrected chi connectivity index (χ4v) is 2.30. The molecule has 6 nitrogen and oxygen atoms in total. The summed E-state index contributed by atoms with van der Waals surface area (Å²) in [7, 11) is 0. The van der Waals surface area contributed by atoms with E-state index in [2.05, 4.69) is 5.32 Å². The van der Waals surface area contributed by atoms with Crippen LogP contribution in [0.3, 0.4) is 0 Å². The normalized spacial score (nSPS) is 20.4. The lowest BCUT2D eigenvalue weighted by atomic mass is 10.2. The third-order valence-corrected chi connectivity index (χ3v) is 3.63. The van der Waals surface area contributed by atoms with Crippen LogP contribution in [0.4, 0.5) is 0 Å². The van der Waals surface area contributed by atoms with Gasteiger partial charge in [0.1, 0.15) is 6.04 Å². The lowest BCUT2D eigenvalue weighted by Crippen LogP contribution is -2.37. The second-order valence-electron chi connectivity index (χ2n) is 4.12. The number of nitrogens with one attached hydrogen (secondary N) is 1. The van der Waals surface area contributed by atoms with Crippen LogP contribution in [-0.2, 0) is 19.1 Å². The van der Waals surface area contributed by atoms with Crippen LogP contribution in [0, 0.1) is 5.92 Å². The van der Waals surface area contributed by atoms with Crippen LogP contribution in [0.1, 0.15) is 19.8 Å². The third-order valence-electron chi connectivity index (χ3n) is 2.65. The van der Waals surface area contributed by atoms with Crippen LogP contribution in [0.2, 0.25) is 0 Å². The van der Waals surface area contributed by atoms with E-state index in [4.69, 9.17) is 10.5 Å². The highest BCUT2D eigenvalue weighted by atomic mass is 32.2. The van der Waals surface area contributed by atoms with E-state index < -0.39 is 23.9 Å². The number of hydrogen-bond acceptors (Lipinski definition) is 7. The van der Waals surface area contributed by atoms with Gasteiger partial charge in [0.25, 0.3) is 0 Å². The SMILES string of the molecule is CC(=O)SCC(CN)C(=O)OC(=O)[C@@H]1CCCN1. The Kier molecular flexibility index (Phi) is 6.31. The van der Waals surface area contributed by atoms with Crippen LogP contribution in [0.5, 0.6) is 0 Å². The molecule has 0 radical (unpaired) electrons. The van der Waals surface area contributed by atoms with E-state index in [1.165, 1.54) is 6.92 Å². The van der Waals surface area contributed by atoms with Crippen molar-refractivity contribution in [1.29, 1.82) is 0 Å². The zero-order chi connectivity index (χ0) is 13.5. The Hall–Kier alpha value is -0.920. The summed E-state index contributed by atoms with van der Waals surface area (Å²) in [5.74, 6) is -1.58. The van der Waals surface area contributed by atoms with Gasteiger partial charge in [0.05, 0.1) is 5.92 Å². The summed E-state index contributed by atoms with van der Waals surface area (Å²) < 4.78 is 4.77. The van der Waals surface area contributed by atoms with Crippen molar-refractivity contribution < 1.29 is 19.1 Å². The predicted molar refractivity (Wildman–Crippen MR) is 67.8 cm³/mol. The first-order valence-corrected chi connectivity index (χ1v) is 6.85. The maximum absolute atomic E-state index is 11.7. The molecule has 0 aromatic rings. The summed E-state index contributed by atoms with van der Waals surface area (Å²) in [5.41, 5.74) is 5.44. The summed E-state index contributed by atoms with van der Waals surface area (Å²) >= 11 is 1.00. The molecule has 1 unspecified atom stereocenters. The van der Waals surface area contributed by atoms with Gasteiger partial charge in [0.2, 0.25) is 0 Å². The van der Waals surface area contributed by atoms with Crippen molar-refractivity contribution in [2.45, 2.75) is 25.8 Å². The molecule has 0 aromatic heterocycles. The number of rotatable bonds is 5. The fraction of sp³-hybridized carbons (Fsp3) is 0.727. The largest absolute Gasteiger partial charge is 0.392 e. The summed E-state index contributed by atoms with van der Waals surface area (Å²) in [6.45, 7) is 2.23. The minimum Gasteiger partial charge on any atom is -0.392 e. The van der Waals surface area contributed by atoms with Crippen molar-refractivity contribution in [3.05, 3.63) is 0 Å².